The monoisotopic (exact) mass is 624 g/mol. The standard InChI is InChI=1S/C29H30ClF5N6O2/c1-40-24-19-23(38-26(39-24)43-14-28-6-3-8-41(28)13-15(31)12-28)21(32)22(37-25(19)42-9-7-27(40)4-2-5-27)17-10-16(36)11-18(30)20(17)29(33,34)35/h10-11,15H,2-9,12-14,36H2,1H3/t15-,28+/m1/s1. The minimum atomic E-state index is -4.93. The third-order valence-electron chi connectivity index (χ3n) is 9.71. The van der Waals surface area contributed by atoms with Crippen LogP contribution in [-0.4, -0.2) is 70.5 Å². The highest BCUT2D eigenvalue weighted by Gasteiger charge is 2.50. The van der Waals surface area contributed by atoms with Gasteiger partial charge in [-0.3, -0.25) is 4.90 Å². The van der Waals surface area contributed by atoms with Crippen molar-refractivity contribution in [1.82, 2.24) is 19.9 Å². The summed E-state index contributed by atoms with van der Waals surface area (Å²) in [5.74, 6) is -0.910. The van der Waals surface area contributed by atoms with Gasteiger partial charge in [-0.25, -0.2) is 13.8 Å². The van der Waals surface area contributed by atoms with Gasteiger partial charge in [-0.2, -0.15) is 23.1 Å². The highest BCUT2D eigenvalue weighted by Crippen LogP contribution is 2.49. The number of halogens is 6. The zero-order chi connectivity index (χ0) is 30.3. The fourth-order valence-corrected chi connectivity index (χ4v) is 7.68. The van der Waals surface area contributed by atoms with E-state index in [0.29, 0.717) is 25.2 Å². The van der Waals surface area contributed by atoms with Gasteiger partial charge in [-0.1, -0.05) is 11.6 Å². The molecule has 5 heterocycles. The fraction of sp³-hybridized carbons (Fsp3) is 0.552. The van der Waals surface area contributed by atoms with Crippen LogP contribution in [0.25, 0.3) is 22.2 Å². The zero-order valence-electron chi connectivity index (χ0n) is 23.4. The second kappa shape index (κ2) is 9.91. The number of rotatable bonds is 4. The summed E-state index contributed by atoms with van der Waals surface area (Å²) in [7, 11) is 1.85. The number of benzene rings is 1. The van der Waals surface area contributed by atoms with Crippen LogP contribution < -0.4 is 20.1 Å². The summed E-state index contributed by atoms with van der Waals surface area (Å²) < 4.78 is 85.6. The van der Waals surface area contributed by atoms with Crippen molar-refractivity contribution in [3.8, 4) is 23.1 Å². The summed E-state index contributed by atoms with van der Waals surface area (Å²) >= 11 is 5.99. The maximum absolute atomic E-state index is 16.6. The van der Waals surface area contributed by atoms with Crippen molar-refractivity contribution in [3.05, 3.63) is 28.5 Å². The number of nitrogens with two attached hydrogens (primary N) is 1. The first-order chi connectivity index (χ1) is 20.4. The number of ether oxygens (including phenoxy) is 2. The molecule has 1 aromatic carbocycles. The Bertz CT molecular complexity index is 1620. The van der Waals surface area contributed by atoms with E-state index in [9.17, 15) is 17.6 Å². The van der Waals surface area contributed by atoms with Crippen molar-refractivity contribution in [1.29, 1.82) is 0 Å². The SMILES string of the molecule is CN1c2nc(OC[C@@]34CCCN3C[C@H](F)C4)nc3c(F)c(-c4cc(N)cc(Cl)c4C(F)(F)F)nc(c23)OCCC12CCC2. The van der Waals surface area contributed by atoms with Crippen LogP contribution in [0, 0.1) is 5.82 Å². The maximum atomic E-state index is 16.6. The first-order valence-electron chi connectivity index (χ1n) is 14.4. The van der Waals surface area contributed by atoms with Crippen LogP contribution in [0.5, 0.6) is 11.9 Å². The molecule has 2 aromatic heterocycles. The van der Waals surface area contributed by atoms with E-state index in [1.165, 1.54) is 0 Å². The van der Waals surface area contributed by atoms with Gasteiger partial charge in [0.2, 0.25) is 5.88 Å². The molecule has 1 spiro atoms. The third kappa shape index (κ3) is 4.52. The van der Waals surface area contributed by atoms with Crippen LogP contribution in [0.3, 0.4) is 0 Å². The molecule has 2 atom stereocenters. The number of alkyl halides is 4. The molecule has 4 aliphatic rings. The van der Waals surface area contributed by atoms with Crippen molar-refractivity contribution in [2.45, 2.75) is 68.4 Å². The number of aromatic nitrogens is 3. The van der Waals surface area contributed by atoms with E-state index in [1.54, 1.807) is 0 Å². The fourth-order valence-electron chi connectivity index (χ4n) is 7.34. The predicted octanol–water partition coefficient (Wildman–Crippen LogP) is 6.18. The third-order valence-corrected chi connectivity index (χ3v) is 10.0. The lowest BCUT2D eigenvalue weighted by molar-refractivity contribution is -0.137. The molecule has 8 nitrogen and oxygen atoms in total. The number of pyridine rings is 1. The van der Waals surface area contributed by atoms with Gasteiger partial charge in [0.15, 0.2) is 5.82 Å². The quantitative estimate of drug-likeness (QED) is 0.272. The molecule has 3 aromatic rings. The Labute approximate surface area is 249 Å². The van der Waals surface area contributed by atoms with E-state index < -0.39 is 45.5 Å². The van der Waals surface area contributed by atoms with E-state index in [4.69, 9.17) is 26.8 Å². The predicted molar refractivity (Wildman–Crippen MR) is 151 cm³/mol. The summed E-state index contributed by atoms with van der Waals surface area (Å²) in [4.78, 5) is 17.4. The van der Waals surface area contributed by atoms with Gasteiger partial charge < -0.3 is 20.1 Å². The molecular formula is C29H30ClF5N6O2. The molecule has 3 aliphatic heterocycles. The molecule has 0 unspecified atom stereocenters. The normalized spacial score (nSPS) is 24.9. The van der Waals surface area contributed by atoms with Gasteiger partial charge in [-0.15, -0.1) is 0 Å². The van der Waals surface area contributed by atoms with Crippen LogP contribution in [0.15, 0.2) is 12.1 Å². The average molecular weight is 625 g/mol. The Hall–Kier alpha value is -3.19. The van der Waals surface area contributed by atoms with Gasteiger partial charge in [0.1, 0.15) is 35.2 Å². The molecule has 1 saturated carbocycles. The largest absolute Gasteiger partial charge is 0.477 e. The van der Waals surface area contributed by atoms with Crippen molar-refractivity contribution in [2.24, 2.45) is 0 Å². The smallest absolute Gasteiger partial charge is 0.418 e. The molecule has 0 amide bonds. The lowest BCUT2D eigenvalue weighted by atomic mass is 9.73. The molecule has 1 aliphatic carbocycles. The van der Waals surface area contributed by atoms with Crippen molar-refractivity contribution in [2.75, 3.05) is 44.0 Å². The molecule has 0 radical (unpaired) electrons. The summed E-state index contributed by atoms with van der Waals surface area (Å²) in [5.41, 5.74) is 2.09. The second-order valence-electron chi connectivity index (χ2n) is 12.2. The van der Waals surface area contributed by atoms with Gasteiger partial charge >= 0.3 is 12.2 Å². The molecule has 2 N–H and O–H groups in total. The first-order valence-corrected chi connectivity index (χ1v) is 14.8. The molecule has 14 heteroatoms. The molecule has 2 saturated heterocycles. The van der Waals surface area contributed by atoms with Gasteiger partial charge in [-0.05, 0) is 50.8 Å². The van der Waals surface area contributed by atoms with Gasteiger partial charge in [0.25, 0.3) is 0 Å². The highest BCUT2D eigenvalue weighted by molar-refractivity contribution is 6.32. The summed E-state index contributed by atoms with van der Waals surface area (Å²) in [6.45, 7) is 1.39. The Morgan fingerprint density at radius 3 is 2.65 bits per heavy atom. The van der Waals surface area contributed by atoms with Crippen LogP contribution in [0.1, 0.15) is 50.5 Å². The minimum absolute atomic E-state index is 0.0964. The minimum Gasteiger partial charge on any atom is -0.477 e. The number of fused-ring (bicyclic) bond motifs is 1. The molecule has 7 rings (SSSR count). The summed E-state index contributed by atoms with van der Waals surface area (Å²) in [6.07, 6.45) is -0.611. The topological polar surface area (TPSA) is 89.6 Å². The van der Waals surface area contributed by atoms with E-state index in [0.717, 1.165) is 50.8 Å². The Morgan fingerprint density at radius 1 is 1.14 bits per heavy atom. The Balaban J connectivity index is 1.42. The molecule has 230 valence electrons. The van der Waals surface area contributed by atoms with Crippen molar-refractivity contribution < 1.29 is 31.4 Å². The summed E-state index contributed by atoms with van der Waals surface area (Å²) in [6, 6.07) is 1.78. The first kappa shape index (κ1) is 28.6. The van der Waals surface area contributed by atoms with E-state index >= 15 is 4.39 Å². The van der Waals surface area contributed by atoms with Crippen LogP contribution >= 0.6 is 11.6 Å². The average Bonchev–Trinajstić information content (AvgIpc) is 3.43. The molecule has 0 bridgehead atoms. The summed E-state index contributed by atoms with van der Waals surface area (Å²) in [5, 5.41) is -0.550. The molecular weight excluding hydrogens is 595 g/mol. The van der Waals surface area contributed by atoms with Crippen molar-refractivity contribution >= 4 is 34.0 Å². The van der Waals surface area contributed by atoms with Crippen LogP contribution in [-0.2, 0) is 6.18 Å². The van der Waals surface area contributed by atoms with Crippen LogP contribution in [0.2, 0.25) is 5.02 Å². The number of hydrogen-bond acceptors (Lipinski definition) is 8. The lowest BCUT2D eigenvalue weighted by Gasteiger charge is -2.50. The van der Waals surface area contributed by atoms with Gasteiger partial charge in [0.05, 0.1) is 22.7 Å². The van der Waals surface area contributed by atoms with Crippen LogP contribution in [0.4, 0.5) is 33.5 Å². The number of hydrogen-bond donors (Lipinski definition) is 1. The van der Waals surface area contributed by atoms with Crippen molar-refractivity contribution in [3.63, 3.8) is 0 Å². The highest BCUT2D eigenvalue weighted by atomic mass is 35.5. The Morgan fingerprint density at radius 2 is 1.93 bits per heavy atom. The van der Waals surface area contributed by atoms with Gasteiger partial charge in [0, 0.05) is 43.2 Å². The molecule has 3 fully saturated rings. The van der Waals surface area contributed by atoms with E-state index in [2.05, 4.69) is 19.9 Å². The number of nitrogen functional groups attached to an aromatic ring is 1. The lowest BCUT2D eigenvalue weighted by Crippen LogP contribution is -2.54. The van der Waals surface area contributed by atoms with E-state index in [1.807, 2.05) is 11.9 Å². The Kier molecular flexibility index (Phi) is 6.59. The maximum Gasteiger partial charge on any atom is 0.418 e. The number of anilines is 2. The number of nitrogens with zero attached hydrogens (tertiary/aromatic N) is 5. The molecule has 43 heavy (non-hydrogen) atoms. The zero-order valence-corrected chi connectivity index (χ0v) is 24.2. The second-order valence-corrected chi connectivity index (χ2v) is 12.6. The van der Waals surface area contributed by atoms with E-state index in [-0.39, 0.29) is 47.2 Å².